The van der Waals surface area contributed by atoms with Gasteiger partial charge < -0.3 is 0 Å². The van der Waals surface area contributed by atoms with Crippen LogP contribution < -0.4 is 0 Å². The highest BCUT2D eigenvalue weighted by Crippen LogP contribution is 2.07. The van der Waals surface area contributed by atoms with E-state index < -0.39 is 0 Å². The molecule has 2 heterocycles. The van der Waals surface area contributed by atoms with Gasteiger partial charge in [-0.15, -0.1) is 9.73 Å². The maximum absolute atomic E-state index is 5.76. The second-order valence-electron chi connectivity index (χ2n) is 2.09. The van der Waals surface area contributed by atoms with Gasteiger partial charge in [-0.2, -0.15) is 4.20 Å². The predicted octanol–water partition coefficient (Wildman–Crippen LogP) is 0.841. The lowest BCUT2D eigenvalue weighted by atomic mass is 10.4. The molecule has 0 aliphatic carbocycles. The fourth-order valence-electron chi connectivity index (χ4n) is 0.885. The molecule has 2 rings (SSSR count). The number of halogens is 1. The van der Waals surface area contributed by atoms with Crippen LogP contribution in [0.4, 0.5) is 0 Å². The molecule has 5 heteroatoms. The first-order chi connectivity index (χ1) is 4.79. The summed E-state index contributed by atoms with van der Waals surface area (Å²) in [6.45, 7) is 1.90. The molecule has 0 atom stereocenters. The SMILES string of the molecule is Cc1cc2cnnn2n1Cl. The van der Waals surface area contributed by atoms with Crippen LogP contribution in [0, 0.1) is 6.92 Å². The Balaban J connectivity index is 2.95. The second kappa shape index (κ2) is 1.73. The normalized spacial score (nSPS) is 11.0. The molecular weight excluding hydrogens is 152 g/mol. The van der Waals surface area contributed by atoms with E-state index in [2.05, 4.69) is 10.3 Å². The Hall–Kier alpha value is -1.03. The molecular formula is C5H5ClN4. The Morgan fingerprint density at radius 1 is 1.60 bits per heavy atom. The quantitative estimate of drug-likeness (QED) is 0.567. The minimum absolute atomic E-state index is 0.910. The van der Waals surface area contributed by atoms with Crippen LogP contribution in [-0.2, 0) is 0 Å². The van der Waals surface area contributed by atoms with Crippen molar-refractivity contribution in [2.75, 3.05) is 0 Å². The molecule has 10 heavy (non-hydrogen) atoms. The van der Waals surface area contributed by atoms with E-state index in [0.29, 0.717) is 0 Å². The highest BCUT2D eigenvalue weighted by Gasteiger charge is 2.02. The van der Waals surface area contributed by atoms with Crippen LogP contribution in [-0.4, -0.2) is 19.1 Å². The van der Waals surface area contributed by atoms with E-state index in [9.17, 15) is 0 Å². The lowest BCUT2D eigenvalue weighted by Gasteiger charge is -1.89. The third-order valence-electron chi connectivity index (χ3n) is 1.37. The number of fused-ring (bicyclic) bond motifs is 1. The molecule has 0 saturated heterocycles. The fourth-order valence-corrected chi connectivity index (χ4v) is 1.05. The lowest BCUT2D eigenvalue weighted by molar-refractivity contribution is 0.706. The molecule has 4 nitrogen and oxygen atoms in total. The summed E-state index contributed by atoms with van der Waals surface area (Å²) in [4.78, 5) is 0. The maximum atomic E-state index is 5.76. The van der Waals surface area contributed by atoms with Gasteiger partial charge in [-0.25, -0.2) is 0 Å². The molecule has 0 aromatic carbocycles. The average Bonchev–Trinajstić information content (AvgIpc) is 2.41. The van der Waals surface area contributed by atoms with Crippen LogP contribution in [0.1, 0.15) is 5.69 Å². The molecule has 0 bridgehead atoms. The predicted molar refractivity (Wildman–Crippen MR) is 37.0 cm³/mol. The molecule has 0 radical (unpaired) electrons. The molecule has 0 N–H and O–H groups in total. The summed E-state index contributed by atoms with van der Waals surface area (Å²) >= 11 is 5.76. The molecule has 2 aromatic rings. The summed E-state index contributed by atoms with van der Waals surface area (Å²) in [5.74, 6) is 0. The van der Waals surface area contributed by atoms with Gasteiger partial charge in [0.15, 0.2) is 0 Å². The van der Waals surface area contributed by atoms with Crippen molar-refractivity contribution >= 4 is 17.3 Å². The van der Waals surface area contributed by atoms with Crippen LogP contribution in [0.25, 0.3) is 5.52 Å². The van der Waals surface area contributed by atoms with E-state index in [-0.39, 0.29) is 0 Å². The zero-order valence-corrected chi connectivity index (χ0v) is 6.08. The maximum Gasteiger partial charge on any atom is 0.109 e. The van der Waals surface area contributed by atoms with Gasteiger partial charge in [-0.1, -0.05) is 0 Å². The van der Waals surface area contributed by atoms with Gasteiger partial charge in [0, 0.05) is 11.8 Å². The van der Waals surface area contributed by atoms with Crippen LogP contribution >= 0.6 is 11.8 Å². The molecule has 2 aromatic heterocycles. The topological polar surface area (TPSA) is 35.1 Å². The fraction of sp³-hybridized carbons (Fsp3) is 0.200. The number of rotatable bonds is 0. The Kier molecular flexibility index (Phi) is 0.990. The number of hydrogen-bond donors (Lipinski definition) is 0. The first-order valence-electron chi connectivity index (χ1n) is 2.84. The van der Waals surface area contributed by atoms with E-state index in [1.54, 1.807) is 6.20 Å². The van der Waals surface area contributed by atoms with Crippen LogP contribution in [0.3, 0.4) is 0 Å². The average molecular weight is 157 g/mol. The van der Waals surface area contributed by atoms with Crippen molar-refractivity contribution in [3.63, 3.8) is 0 Å². The Bertz CT molecular complexity index is 360. The first kappa shape index (κ1) is 5.73. The van der Waals surface area contributed by atoms with Gasteiger partial charge in [-0.3, -0.25) is 0 Å². The highest BCUT2D eigenvalue weighted by molar-refractivity contribution is 6.15. The smallest absolute Gasteiger partial charge is 0.109 e. The molecule has 0 unspecified atom stereocenters. The van der Waals surface area contributed by atoms with Crippen molar-refractivity contribution in [3.8, 4) is 0 Å². The van der Waals surface area contributed by atoms with Crippen LogP contribution in [0.2, 0.25) is 0 Å². The number of hydrogen-bond acceptors (Lipinski definition) is 2. The Labute approximate surface area is 62.1 Å². The molecule has 52 valence electrons. The number of aromatic nitrogens is 4. The van der Waals surface area contributed by atoms with Crippen molar-refractivity contribution in [2.45, 2.75) is 6.92 Å². The molecule has 0 saturated carbocycles. The zero-order chi connectivity index (χ0) is 7.14. The van der Waals surface area contributed by atoms with Crippen LogP contribution in [0.15, 0.2) is 12.3 Å². The zero-order valence-electron chi connectivity index (χ0n) is 5.32. The summed E-state index contributed by atoms with van der Waals surface area (Å²) in [5.41, 5.74) is 1.86. The second-order valence-corrected chi connectivity index (χ2v) is 2.41. The summed E-state index contributed by atoms with van der Waals surface area (Å²) in [5, 5.41) is 7.41. The van der Waals surface area contributed by atoms with Crippen molar-refractivity contribution in [3.05, 3.63) is 18.0 Å². The lowest BCUT2D eigenvalue weighted by Crippen LogP contribution is -1.96. The van der Waals surface area contributed by atoms with Crippen LogP contribution in [0.5, 0.6) is 0 Å². The van der Waals surface area contributed by atoms with Crippen molar-refractivity contribution in [1.82, 2.24) is 19.1 Å². The van der Waals surface area contributed by atoms with Gasteiger partial charge in [-0.05, 0) is 18.2 Å². The van der Waals surface area contributed by atoms with Gasteiger partial charge in [0.05, 0.1) is 11.9 Å². The molecule has 0 amide bonds. The highest BCUT2D eigenvalue weighted by atomic mass is 35.5. The molecule has 0 fully saturated rings. The largest absolute Gasteiger partial charge is 0.175 e. The van der Waals surface area contributed by atoms with Crippen molar-refractivity contribution < 1.29 is 0 Å². The Morgan fingerprint density at radius 2 is 2.40 bits per heavy atom. The molecule has 0 spiro atoms. The Morgan fingerprint density at radius 3 is 3.10 bits per heavy atom. The van der Waals surface area contributed by atoms with E-state index in [0.717, 1.165) is 11.2 Å². The van der Waals surface area contributed by atoms with Gasteiger partial charge in [0.2, 0.25) is 0 Å². The number of nitrogens with zero attached hydrogens (tertiary/aromatic N) is 4. The summed E-state index contributed by atoms with van der Waals surface area (Å²) in [6.07, 6.45) is 1.66. The first-order valence-corrected chi connectivity index (χ1v) is 3.18. The van der Waals surface area contributed by atoms with E-state index >= 15 is 0 Å². The minimum Gasteiger partial charge on any atom is -0.175 e. The van der Waals surface area contributed by atoms with E-state index in [1.807, 2.05) is 13.0 Å². The number of aryl methyl sites for hydroxylation is 1. The minimum atomic E-state index is 0.910. The molecule has 0 aliphatic rings. The third-order valence-corrected chi connectivity index (χ3v) is 1.78. The molecule has 0 aliphatic heterocycles. The van der Waals surface area contributed by atoms with Gasteiger partial charge in [0.1, 0.15) is 5.52 Å². The van der Waals surface area contributed by atoms with Gasteiger partial charge in [0.25, 0.3) is 0 Å². The standard InChI is InChI=1S/C5H5ClN4/c1-4-2-5-3-7-8-10(5)9(4)6/h2-3H,1H3. The van der Waals surface area contributed by atoms with Gasteiger partial charge >= 0.3 is 0 Å². The van der Waals surface area contributed by atoms with E-state index in [1.165, 1.54) is 8.83 Å². The van der Waals surface area contributed by atoms with Crippen molar-refractivity contribution in [1.29, 1.82) is 0 Å². The summed E-state index contributed by atoms with van der Waals surface area (Å²) < 4.78 is 2.94. The monoisotopic (exact) mass is 156 g/mol. The summed E-state index contributed by atoms with van der Waals surface area (Å²) in [7, 11) is 0. The third kappa shape index (κ3) is 0.565. The summed E-state index contributed by atoms with van der Waals surface area (Å²) in [6, 6.07) is 1.91. The van der Waals surface area contributed by atoms with Crippen molar-refractivity contribution in [2.24, 2.45) is 0 Å². The van der Waals surface area contributed by atoms with E-state index in [4.69, 9.17) is 11.8 Å².